The zero-order valence-electron chi connectivity index (χ0n) is 14.0. The number of hydrogen-bond donors (Lipinski definition) is 0. The summed E-state index contributed by atoms with van der Waals surface area (Å²) in [6.07, 6.45) is 7.21. The Kier molecular flexibility index (Phi) is 3.40. The van der Waals surface area contributed by atoms with E-state index >= 15 is 0 Å². The first-order chi connectivity index (χ1) is 11.0. The zero-order chi connectivity index (χ0) is 16.4. The molecule has 0 heterocycles. The van der Waals surface area contributed by atoms with Crippen LogP contribution >= 0.6 is 0 Å². The molecular weight excluding hydrogens is 291 g/mol. The standard InChI is InChI=1S/C20H25FO2/c1-11-7-12-8-14(22)3-4-15(12)19-13(10-21)9-20(2)16(18(11)19)5-6-17(20)23/h8,10-11,15-16,18-19H,3-7,9H2,1-2H3/t11-,15+,16+,18+,19-,20+/m1/s1. The van der Waals surface area contributed by atoms with E-state index in [-0.39, 0.29) is 17.1 Å². The van der Waals surface area contributed by atoms with E-state index in [1.807, 2.05) is 6.08 Å². The SMILES string of the molecule is C[C@@H]1CC2=CC(=O)CC[C@@H]2[C@H]2C(=CF)C[C@]3(C)C(=O)CC[C@H]3[C@@H]21. The van der Waals surface area contributed by atoms with Gasteiger partial charge < -0.3 is 0 Å². The Hall–Kier alpha value is -1.25. The average molecular weight is 316 g/mol. The summed E-state index contributed by atoms with van der Waals surface area (Å²) >= 11 is 0. The number of carbonyl (C=O) groups excluding carboxylic acids is 2. The third kappa shape index (κ3) is 2.04. The molecule has 124 valence electrons. The van der Waals surface area contributed by atoms with E-state index in [0.29, 0.717) is 48.7 Å². The normalized spacial score (nSPS) is 47.9. The zero-order valence-corrected chi connectivity index (χ0v) is 14.0. The molecular formula is C20H25FO2. The molecule has 6 atom stereocenters. The highest BCUT2D eigenvalue weighted by Gasteiger charge is 2.59. The Balaban J connectivity index is 1.80. The highest BCUT2D eigenvalue weighted by atomic mass is 19.1. The van der Waals surface area contributed by atoms with Crippen molar-refractivity contribution in [3.05, 3.63) is 23.6 Å². The van der Waals surface area contributed by atoms with Crippen molar-refractivity contribution >= 4 is 11.6 Å². The van der Waals surface area contributed by atoms with E-state index in [4.69, 9.17) is 0 Å². The number of fused-ring (bicyclic) bond motifs is 5. The molecule has 0 aliphatic heterocycles. The van der Waals surface area contributed by atoms with Gasteiger partial charge in [0.05, 0.1) is 6.33 Å². The lowest BCUT2D eigenvalue weighted by Gasteiger charge is -2.55. The molecule has 0 saturated heterocycles. The van der Waals surface area contributed by atoms with Crippen LogP contribution in [0, 0.1) is 35.0 Å². The topological polar surface area (TPSA) is 34.1 Å². The highest BCUT2D eigenvalue weighted by Crippen LogP contribution is 2.63. The first-order valence-electron chi connectivity index (χ1n) is 9.01. The van der Waals surface area contributed by atoms with Crippen molar-refractivity contribution in [3.63, 3.8) is 0 Å². The smallest absolute Gasteiger partial charge is 0.155 e. The second kappa shape index (κ2) is 5.12. The summed E-state index contributed by atoms with van der Waals surface area (Å²) in [5, 5.41) is 0. The van der Waals surface area contributed by atoms with Crippen molar-refractivity contribution in [2.75, 3.05) is 0 Å². The Morgan fingerprint density at radius 3 is 2.78 bits per heavy atom. The number of Topliss-reactive ketones (excluding diaryl/α,β-unsaturated/α-hetero) is 1. The number of ketones is 2. The van der Waals surface area contributed by atoms with Crippen LogP contribution in [0.4, 0.5) is 4.39 Å². The molecule has 4 aliphatic carbocycles. The Bertz CT molecular complexity index is 632. The van der Waals surface area contributed by atoms with E-state index in [1.165, 1.54) is 5.57 Å². The maximum absolute atomic E-state index is 13.8. The number of halogens is 1. The molecule has 0 N–H and O–H groups in total. The molecule has 0 amide bonds. The van der Waals surface area contributed by atoms with Gasteiger partial charge in [0.25, 0.3) is 0 Å². The first-order valence-corrected chi connectivity index (χ1v) is 9.01. The van der Waals surface area contributed by atoms with Crippen molar-refractivity contribution in [2.45, 2.75) is 52.4 Å². The maximum Gasteiger partial charge on any atom is 0.155 e. The summed E-state index contributed by atoms with van der Waals surface area (Å²) in [4.78, 5) is 24.3. The second-order valence-electron chi connectivity index (χ2n) is 8.46. The molecule has 23 heavy (non-hydrogen) atoms. The maximum atomic E-state index is 13.8. The summed E-state index contributed by atoms with van der Waals surface area (Å²) in [6, 6.07) is 0. The number of hydrogen-bond acceptors (Lipinski definition) is 2. The summed E-state index contributed by atoms with van der Waals surface area (Å²) < 4.78 is 13.8. The Morgan fingerprint density at radius 2 is 2.04 bits per heavy atom. The monoisotopic (exact) mass is 316 g/mol. The predicted molar refractivity (Wildman–Crippen MR) is 86.2 cm³/mol. The van der Waals surface area contributed by atoms with Crippen LogP contribution in [0.15, 0.2) is 23.6 Å². The first kappa shape index (κ1) is 15.3. The van der Waals surface area contributed by atoms with Crippen molar-refractivity contribution in [1.29, 1.82) is 0 Å². The van der Waals surface area contributed by atoms with Crippen molar-refractivity contribution < 1.29 is 14.0 Å². The van der Waals surface area contributed by atoms with E-state index in [9.17, 15) is 14.0 Å². The minimum atomic E-state index is -0.362. The minimum Gasteiger partial charge on any atom is -0.299 e. The Labute approximate surface area is 137 Å². The molecule has 0 aromatic rings. The van der Waals surface area contributed by atoms with E-state index in [0.717, 1.165) is 31.2 Å². The third-order valence-corrected chi connectivity index (χ3v) is 7.33. The quantitative estimate of drug-likeness (QED) is 0.663. The molecule has 0 radical (unpaired) electrons. The van der Waals surface area contributed by atoms with Gasteiger partial charge in [0, 0.05) is 18.3 Å². The third-order valence-electron chi connectivity index (χ3n) is 7.33. The molecule has 3 saturated carbocycles. The molecule has 4 rings (SSSR count). The van der Waals surface area contributed by atoms with Gasteiger partial charge in [0.15, 0.2) is 5.78 Å². The molecule has 3 fully saturated rings. The number of allylic oxidation sites excluding steroid dienone is 2. The summed E-state index contributed by atoms with van der Waals surface area (Å²) in [5.41, 5.74) is 1.71. The van der Waals surface area contributed by atoms with Gasteiger partial charge in [-0.05, 0) is 66.9 Å². The van der Waals surface area contributed by atoms with Crippen molar-refractivity contribution in [3.8, 4) is 0 Å². The van der Waals surface area contributed by atoms with Gasteiger partial charge in [0.1, 0.15) is 5.78 Å². The van der Waals surface area contributed by atoms with Crippen LogP contribution in [0.25, 0.3) is 0 Å². The number of carbonyl (C=O) groups is 2. The van der Waals surface area contributed by atoms with Gasteiger partial charge in [-0.1, -0.05) is 19.4 Å². The van der Waals surface area contributed by atoms with Gasteiger partial charge in [-0.2, -0.15) is 0 Å². The molecule has 2 nitrogen and oxygen atoms in total. The molecule has 0 aromatic heterocycles. The summed E-state index contributed by atoms with van der Waals surface area (Å²) in [6.45, 7) is 4.30. The molecule has 0 bridgehead atoms. The van der Waals surface area contributed by atoms with Crippen LogP contribution in [0.5, 0.6) is 0 Å². The minimum absolute atomic E-state index is 0.201. The molecule has 0 unspecified atom stereocenters. The van der Waals surface area contributed by atoms with E-state index in [2.05, 4.69) is 13.8 Å². The van der Waals surface area contributed by atoms with Gasteiger partial charge >= 0.3 is 0 Å². The Morgan fingerprint density at radius 1 is 1.26 bits per heavy atom. The van der Waals surface area contributed by atoms with Gasteiger partial charge in [0.2, 0.25) is 0 Å². The fourth-order valence-electron chi connectivity index (χ4n) is 6.37. The van der Waals surface area contributed by atoms with E-state index < -0.39 is 0 Å². The molecule has 0 aromatic carbocycles. The van der Waals surface area contributed by atoms with Crippen molar-refractivity contribution in [2.24, 2.45) is 35.0 Å². The van der Waals surface area contributed by atoms with Crippen LogP contribution in [-0.4, -0.2) is 11.6 Å². The lowest BCUT2D eigenvalue weighted by molar-refractivity contribution is -0.129. The van der Waals surface area contributed by atoms with Gasteiger partial charge in [-0.3, -0.25) is 9.59 Å². The lowest BCUT2D eigenvalue weighted by atomic mass is 9.48. The van der Waals surface area contributed by atoms with Crippen molar-refractivity contribution in [1.82, 2.24) is 0 Å². The molecule has 3 heteroatoms. The van der Waals surface area contributed by atoms with Crippen LogP contribution in [0.3, 0.4) is 0 Å². The largest absolute Gasteiger partial charge is 0.299 e. The molecule has 4 aliphatic rings. The fourth-order valence-corrected chi connectivity index (χ4v) is 6.37. The summed E-state index contributed by atoms with van der Waals surface area (Å²) in [5.74, 6) is 2.26. The lowest BCUT2D eigenvalue weighted by Crippen LogP contribution is -2.50. The number of rotatable bonds is 0. The molecule has 0 spiro atoms. The highest BCUT2D eigenvalue weighted by molar-refractivity contribution is 5.91. The van der Waals surface area contributed by atoms with Crippen LogP contribution in [0.2, 0.25) is 0 Å². The van der Waals surface area contributed by atoms with Crippen LogP contribution in [0.1, 0.15) is 52.4 Å². The van der Waals surface area contributed by atoms with E-state index in [1.54, 1.807) is 0 Å². The van der Waals surface area contributed by atoms with Gasteiger partial charge in [-0.25, -0.2) is 4.39 Å². The summed E-state index contributed by atoms with van der Waals surface area (Å²) in [7, 11) is 0. The predicted octanol–water partition coefficient (Wildman–Crippen LogP) is 4.41. The van der Waals surface area contributed by atoms with Gasteiger partial charge in [-0.15, -0.1) is 0 Å². The second-order valence-corrected chi connectivity index (χ2v) is 8.46. The van der Waals surface area contributed by atoms with Crippen LogP contribution < -0.4 is 0 Å². The van der Waals surface area contributed by atoms with Crippen LogP contribution in [-0.2, 0) is 9.59 Å². The fraction of sp³-hybridized carbons (Fsp3) is 0.700. The average Bonchev–Trinajstić information content (AvgIpc) is 2.81.